The van der Waals surface area contributed by atoms with E-state index in [1.165, 1.54) is 30.0 Å². The highest BCUT2D eigenvalue weighted by molar-refractivity contribution is 6.07. The first-order valence-corrected chi connectivity index (χ1v) is 9.17. The fourth-order valence-corrected chi connectivity index (χ4v) is 4.10. The molecule has 0 aliphatic carbocycles. The molecule has 2 N–H and O–H groups in total. The Morgan fingerprint density at radius 3 is 2.77 bits per heavy atom. The van der Waals surface area contributed by atoms with Crippen LogP contribution in [0.3, 0.4) is 0 Å². The third-order valence-electron chi connectivity index (χ3n) is 5.37. The Balaban J connectivity index is 1.85. The highest BCUT2D eigenvalue weighted by Gasteiger charge is 2.57. The Kier molecular flexibility index (Phi) is 4.58. The van der Waals surface area contributed by atoms with Crippen LogP contribution in [0.4, 0.5) is 4.79 Å². The second-order valence-corrected chi connectivity index (χ2v) is 7.13. The number of ether oxygens (including phenoxy) is 1. The number of nitrogens with zero attached hydrogens (tertiary/aromatic N) is 2. The molecule has 30 heavy (non-hydrogen) atoms. The molecule has 0 spiro atoms. The summed E-state index contributed by atoms with van der Waals surface area (Å²) in [5, 5.41) is 19.2. The van der Waals surface area contributed by atoms with Gasteiger partial charge >= 0.3 is 17.8 Å². The highest BCUT2D eigenvalue weighted by atomic mass is 16.5. The number of carboxylic acid groups (broad SMARTS) is 1. The number of aliphatic hydroxyl groups is 1. The molecule has 1 aromatic heterocycles. The monoisotopic (exact) mass is 414 g/mol. The minimum Gasteiger partial charge on any atom is -0.464 e. The third-order valence-corrected chi connectivity index (χ3v) is 5.37. The molecule has 10 nitrogen and oxygen atoms in total. The van der Waals surface area contributed by atoms with Crippen LogP contribution in [-0.2, 0) is 14.3 Å². The lowest BCUT2D eigenvalue weighted by Crippen LogP contribution is -2.61. The van der Waals surface area contributed by atoms with E-state index < -0.39 is 35.9 Å². The maximum absolute atomic E-state index is 12.7. The van der Waals surface area contributed by atoms with Crippen LogP contribution in [0.5, 0.6) is 0 Å². The van der Waals surface area contributed by atoms with Crippen molar-refractivity contribution in [2.45, 2.75) is 25.5 Å². The molecule has 2 aliphatic rings. The van der Waals surface area contributed by atoms with Gasteiger partial charge in [0, 0.05) is 0 Å². The molecule has 10 heteroatoms. The Morgan fingerprint density at radius 1 is 1.40 bits per heavy atom. The number of hydrogen-bond donors (Lipinski definition) is 2. The van der Waals surface area contributed by atoms with Gasteiger partial charge in [0.1, 0.15) is 17.8 Å². The number of amides is 1. The molecular formula is C20H18N2O8. The number of β-lactam (4-membered cyclic amide) rings is 1. The summed E-state index contributed by atoms with van der Waals surface area (Å²) in [5.41, 5.74) is 1.02. The van der Waals surface area contributed by atoms with Gasteiger partial charge in [-0.25, -0.2) is 14.4 Å². The highest BCUT2D eigenvalue weighted by Crippen LogP contribution is 2.47. The van der Waals surface area contributed by atoms with Crippen molar-refractivity contribution >= 4 is 34.6 Å². The molecular weight excluding hydrogens is 396 g/mol. The van der Waals surface area contributed by atoms with Crippen LogP contribution < -0.4 is 5.76 Å². The first-order chi connectivity index (χ1) is 14.3. The molecule has 2 aromatic rings. The van der Waals surface area contributed by atoms with Crippen molar-refractivity contribution in [1.29, 1.82) is 0 Å². The summed E-state index contributed by atoms with van der Waals surface area (Å²) >= 11 is 0. The predicted molar refractivity (Wildman–Crippen MR) is 102 cm³/mol. The van der Waals surface area contributed by atoms with Gasteiger partial charge in [-0.05, 0) is 36.6 Å². The summed E-state index contributed by atoms with van der Waals surface area (Å²) in [6.45, 7) is 4.95. The zero-order valence-electron chi connectivity index (χ0n) is 15.9. The Hall–Kier alpha value is -3.66. The van der Waals surface area contributed by atoms with Crippen LogP contribution in [0, 0.1) is 5.92 Å². The summed E-state index contributed by atoms with van der Waals surface area (Å²) in [7, 11) is 0. The van der Waals surface area contributed by atoms with Gasteiger partial charge in [0.05, 0.1) is 18.1 Å². The van der Waals surface area contributed by atoms with Crippen molar-refractivity contribution in [1.82, 2.24) is 9.47 Å². The lowest BCUT2D eigenvalue weighted by atomic mass is 9.82. The van der Waals surface area contributed by atoms with E-state index in [1.54, 1.807) is 6.07 Å². The maximum atomic E-state index is 12.7. The van der Waals surface area contributed by atoms with Crippen LogP contribution >= 0.6 is 0 Å². The van der Waals surface area contributed by atoms with Gasteiger partial charge in [-0.3, -0.25) is 4.79 Å². The minimum absolute atomic E-state index is 0.0176. The van der Waals surface area contributed by atoms with Crippen LogP contribution in [-0.4, -0.2) is 56.4 Å². The second-order valence-electron chi connectivity index (χ2n) is 7.13. The molecule has 1 saturated heterocycles. The first-order valence-electron chi connectivity index (χ1n) is 9.17. The topological polar surface area (TPSA) is 139 Å². The lowest BCUT2D eigenvalue weighted by molar-refractivity contribution is -0.162. The summed E-state index contributed by atoms with van der Waals surface area (Å²) in [6.07, 6.45) is -0.739. The average molecular weight is 414 g/mol. The fraction of sp³-hybridized carbons (Fsp3) is 0.300. The molecule has 0 unspecified atom stereocenters. The van der Waals surface area contributed by atoms with Crippen LogP contribution in [0.2, 0.25) is 0 Å². The smallest absolute Gasteiger partial charge is 0.429 e. The van der Waals surface area contributed by atoms with Crippen molar-refractivity contribution < 1.29 is 33.8 Å². The number of aromatic nitrogens is 1. The fourth-order valence-electron chi connectivity index (χ4n) is 4.10. The molecule has 4 rings (SSSR count). The van der Waals surface area contributed by atoms with Gasteiger partial charge in [0.25, 0.3) is 0 Å². The van der Waals surface area contributed by atoms with Gasteiger partial charge in [0.2, 0.25) is 5.91 Å². The number of hydrogen-bond acceptors (Lipinski definition) is 7. The number of carbonyl (C=O) groups is 3. The Labute approximate surface area is 169 Å². The van der Waals surface area contributed by atoms with E-state index >= 15 is 0 Å². The predicted octanol–water partition coefficient (Wildman–Crippen LogP) is 1.17. The van der Waals surface area contributed by atoms with E-state index in [4.69, 9.17) is 9.15 Å². The SMILES string of the molecule is C=CCOC(=O)C1=C(c2ccc3oc(=O)n(C(=O)O)c3c2)C[C@@H]2[C@@H]([C@@H](C)O)C(=O)N12. The molecule has 0 radical (unpaired) electrons. The summed E-state index contributed by atoms with van der Waals surface area (Å²) in [6, 6.07) is 3.99. The molecule has 1 amide bonds. The van der Waals surface area contributed by atoms with E-state index in [0.29, 0.717) is 15.7 Å². The van der Waals surface area contributed by atoms with Gasteiger partial charge in [0.15, 0.2) is 5.58 Å². The van der Waals surface area contributed by atoms with E-state index in [2.05, 4.69) is 6.58 Å². The number of benzene rings is 1. The zero-order valence-corrected chi connectivity index (χ0v) is 15.9. The first kappa shape index (κ1) is 19.6. The van der Waals surface area contributed by atoms with Gasteiger partial charge in [-0.15, -0.1) is 0 Å². The average Bonchev–Trinajstić information content (AvgIpc) is 3.19. The zero-order chi connectivity index (χ0) is 21.7. The Morgan fingerprint density at radius 2 is 2.13 bits per heavy atom. The number of rotatable bonds is 5. The van der Waals surface area contributed by atoms with E-state index in [0.717, 1.165) is 0 Å². The number of carbonyl (C=O) groups excluding carboxylic acids is 2. The molecule has 2 aliphatic heterocycles. The number of esters is 1. The van der Waals surface area contributed by atoms with Crippen LogP contribution in [0.1, 0.15) is 18.9 Å². The van der Waals surface area contributed by atoms with Gasteiger partial charge in [-0.1, -0.05) is 18.7 Å². The second kappa shape index (κ2) is 6.99. The lowest BCUT2D eigenvalue weighted by Gasteiger charge is -2.44. The summed E-state index contributed by atoms with van der Waals surface area (Å²) in [4.78, 5) is 49.8. The molecule has 1 aromatic carbocycles. The molecule has 1 fully saturated rings. The van der Waals surface area contributed by atoms with Gasteiger partial charge in [-0.2, -0.15) is 4.57 Å². The van der Waals surface area contributed by atoms with E-state index in [1.807, 2.05) is 0 Å². The summed E-state index contributed by atoms with van der Waals surface area (Å²) < 4.78 is 10.5. The third kappa shape index (κ3) is 2.76. The number of aliphatic hydroxyl groups excluding tert-OH is 1. The van der Waals surface area contributed by atoms with Crippen molar-refractivity contribution in [3.63, 3.8) is 0 Å². The maximum Gasteiger partial charge on any atom is 0.429 e. The van der Waals surface area contributed by atoms with Crippen LogP contribution in [0.15, 0.2) is 45.8 Å². The van der Waals surface area contributed by atoms with Crippen molar-refractivity contribution in [2.75, 3.05) is 6.61 Å². The molecule has 0 saturated carbocycles. The molecule has 0 bridgehead atoms. The molecule has 156 valence electrons. The standard InChI is InChI=1S/C20H18N2O8/c1-3-6-29-18(25)16-11(8-13-15(9(2)23)17(24)21(13)16)10-4-5-14-12(7-10)22(19(26)27)20(28)30-14/h3-5,7,9,13,15,23H,1,6,8H2,2H3,(H,26,27)/t9-,13-,15-/m1/s1. The Bertz CT molecular complexity index is 1190. The molecule has 3 atom stereocenters. The van der Waals surface area contributed by atoms with Crippen molar-refractivity contribution in [3.05, 3.63) is 52.7 Å². The normalized spacial score (nSPS) is 21.4. The molecule has 3 heterocycles. The van der Waals surface area contributed by atoms with Crippen molar-refractivity contribution in [2.24, 2.45) is 5.92 Å². The largest absolute Gasteiger partial charge is 0.464 e. The number of oxazole rings is 1. The van der Waals surface area contributed by atoms with E-state index in [9.17, 15) is 29.4 Å². The number of fused-ring (bicyclic) bond motifs is 2. The van der Waals surface area contributed by atoms with Crippen LogP contribution in [0.25, 0.3) is 16.7 Å². The summed E-state index contributed by atoms with van der Waals surface area (Å²) in [5.74, 6) is -2.82. The van der Waals surface area contributed by atoms with Crippen molar-refractivity contribution in [3.8, 4) is 0 Å². The quantitative estimate of drug-likeness (QED) is 0.422. The van der Waals surface area contributed by atoms with Gasteiger partial charge < -0.3 is 24.3 Å². The minimum atomic E-state index is -1.50. The van der Waals surface area contributed by atoms with E-state index in [-0.39, 0.29) is 35.7 Å².